The normalized spacial score (nSPS) is 20.1. The Morgan fingerprint density at radius 2 is 1.84 bits per heavy atom. The Kier molecular flexibility index (Phi) is 4.85. The fourth-order valence-corrected chi connectivity index (χ4v) is 1.48. The van der Waals surface area contributed by atoms with Crippen molar-refractivity contribution in [3.05, 3.63) is 25.3 Å². The van der Waals surface area contributed by atoms with Crippen molar-refractivity contribution in [3.8, 4) is 0 Å². The Bertz CT molecular complexity index is 378. The minimum absolute atomic E-state index is 0.0620. The van der Waals surface area contributed by atoms with Crippen LogP contribution in [0.2, 0.25) is 0 Å². The summed E-state index contributed by atoms with van der Waals surface area (Å²) in [6.45, 7) is 10.5. The molecule has 1 aliphatic heterocycles. The van der Waals surface area contributed by atoms with Crippen LogP contribution < -0.4 is 5.32 Å². The number of carbonyl (C=O) groups is 2. The fourth-order valence-electron chi connectivity index (χ4n) is 1.48. The maximum Gasteiger partial charge on any atom is 0.330 e. The molecule has 0 atom stereocenters. The molecule has 106 valence electrons. The van der Waals surface area contributed by atoms with Crippen molar-refractivity contribution in [3.63, 3.8) is 0 Å². The number of carbonyl (C=O) groups excluding carboxylic acids is 2. The summed E-state index contributed by atoms with van der Waals surface area (Å²) < 4.78 is 16.0. The van der Waals surface area contributed by atoms with Crippen molar-refractivity contribution < 1.29 is 23.8 Å². The van der Waals surface area contributed by atoms with Gasteiger partial charge in [-0.1, -0.05) is 13.2 Å². The average molecular weight is 269 g/mol. The first-order valence-corrected chi connectivity index (χ1v) is 5.84. The van der Waals surface area contributed by atoms with Crippen LogP contribution in [0.25, 0.3) is 0 Å². The van der Waals surface area contributed by atoms with Crippen LogP contribution in [0.15, 0.2) is 25.3 Å². The highest BCUT2D eigenvalue weighted by atomic mass is 16.7. The number of nitrogens with one attached hydrogen (secondary N) is 1. The lowest BCUT2D eigenvalue weighted by atomic mass is 10.0. The molecule has 0 saturated carbocycles. The van der Waals surface area contributed by atoms with E-state index in [0.29, 0.717) is 0 Å². The molecule has 19 heavy (non-hydrogen) atoms. The van der Waals surface area contributed by atoms with Gasteiger partial charge in [-0.15, -0.1) is 0 Å². The van der Waals surface area contributed by atoms with Gasteiger partial charge < -0.3 is 19.5 Å². The summed E-state index contributed by atoms with van der Waals surface area (Å²) in [6.07, 6.45) is 2.19. The van der Waals surface area contributed by atoms with Crippen LogP contribution in [0.1, 0.15) is 13.8 Å². The molecule has 0 spiro atoms. The van der Waals surface area contributed by atoms with Crippen molar-refractivity contribution in [1.29, 1.82) is 0 Å². The quantitative estimate of drug-likeness (QED) is 0.582. The largest absolute Gasteiger partial charge is 0.460 e. The van der Waals surface area contributed by atoms with E-state index in [-0.39, 0.29) is 25.7 Å². The van der Waals surface area contributed by atoms with Crippen LogP contribution in [-0.4, -0.2) is 43.0 Å². The van der Waals surface area contributed by atoms with Gasteiger partial charge in [-0.2, -0.15) is 0 Å². The summed E-state index contributed by atoms with van der Waals surface area (Å²) in [5.41, 5.74) is -0.917. The highest BCUT2D eigenvalue weighted by molar-refractivity contribution is 5.87. The lowest BCUT2D eigenvalue weighted by Crippen LogP contribution is -2.63. The van der Waals surface area contributed by atoms with Crippen molar-refractivity contribution in [2.45, 2.75) is 25.2 Å². The van der Waals surface area contributed by atoms with E-state index in [9.17, 15) is 9.59 Å². The zero-order valence-corrected chi connectivity index (χ0v) is 11.2. The number of hydrogen-bond acceptors (Lipinski definition) is 5. The zero-order valence-electron chi connectivity index (χ0n) is 11.2. The third-order valence-corrected chi connectivity index (χ3v) is 2.62. The van der Waals surface area contributed by atoms with Crippen LogP contribution in [0.3, 0.4) is 0 Å². The molecule has 1 saturated heterocycles. The lowest BCUT2D eigenvalue weighted by molar-refractivity contribution is -0.274. The highest BCUT2D eigenvalue weighted by Crippen LogP contribution is 2.24. The van der Waals surface area contributed by atoms with Gasteiger partial charge in [0.15, 0.2) is 5.79 Å². The molecule has 0 radical (unpaired) electrons. The summed E-state index contributed by atoms with van der Waals surface area (Å²) in [5, 5.41) is 2.68. The summed E-state index contributed by atoms with van der Waals surface area (Å²) >= 11 is 0. The molecule has 6 nitrogen and oxygen atoms in total. The molecule has 0 unspecified atom stereocenters. The first kappa shape index (κ1) is 15.4. The van der Waals surface area contributed by atoms with Gasteiger partial charge in [0.05, 0.1) is 13.2 Å². The maximum atomic E-state index is 11.5. The minimum atomic E-state index is -0.917. The van der Waals surface area contributed by atoms with Crippen LogP contribution in [0.5, 0.6) is 0 Å². The minimum Gasteiger partial charge on any atom is -0.460 e. The van der Waals surface area contributed by atoms with E-state index in [0.717, 1.165) is 12.2 Å². The summed E-state index contributed by atoms with van der Waals surface area (Å²) in [7, 11) is 0. The van der Waals surface area contributed by atoms with Crippen LogP contribution in [-0.2, 0) is 23.8 Å². The molecule has 1 heterocycles. The number of ether oxygens (including phenoxy) is 3. The van der Waals surface area contributed by atoms with E-state index in [4.69, 9.17) is 14.2 Å². The van der Waals surface area contributed by atoms with Crippen LogP contribution >= 0.6 is 0 Å². The molecule has 1 N–H and O–H groups in total. The van der Waals surface area contributed by atoms with E-state index in [1.165, 1.54) is 0 Å². The number of amides is 1. The predicted octanol–water partition coefficient (Wildman–Crippen LogP) is 0.539. The highest BCUT2D eigenvalue weighted by Gasteiger charge is 2.42. The van der Waals surface area contributed by atoms with E-state index in [2.05, 4.69) is 18.5 Å². The Labute approximate surface area is 112 Å². The topological polar surface area (TPSA) is 73.9 Å². The maximum absolute atomic E-state index is 11.5. The van der Waals surface area contributed by atoms with E-state index >= 15 is 0 Å². The third-order valence-electron chi connectivity index (χ3n) is 2.62. The first-order valence-electron chi connectivity index (χ1n) is 5.84. The van der Waals surface area contributed by atoms with Gasteiger partial charge >= 0.3 is 5.97 Å². The summed E-state index contributed by atoms with van der Waals surface area (Å²) in [6, 6.07) is 0. The molecule has 0 aromatic heterocycles. The Morgan fingerprint density at radius 1 is 1.26 bits per heavy atom. The summed E-state index contributed by atoms with van der Waals surface area (Å²) in [5.74, 6) is -1.69. The van der Waals surface area contributed by atoms with Crippen LogP contribution in [0, 0.1) is 0 Å². The fraction of sp³-hybridized carbons (Fsp3) is 0.538. The molecule has 1 fully saturated rings. The second-order valence-corrected chi connectivity index (χ2v) is 4.76. The molecule has 1 rings (SSSR count). The lowest BCUT2D eigenvalue weighted by Gasteiger charge is -2.43. The predicted molar refractivity (Wildman–Crippen MR) is 68.2 cm³/mol. The molecule has 1 aliphatic rings. The van der Waals surface area contributed by atoms with Crippen LogP contribution in [0.4, 0.5) is 0 Å². The van der Waals surface area contributed by atoms with Crippen molar-refractivity contribution >= 4 is 11.9 Å². The third kappa shape index (κ3) is 4.50. The zero-order chi connectivity index (χ0) is 14.5. The molecule has 6 heteroatoms. The Balaban J connectivity index is 2.73. The van der Waals surface area contributed by atoms with Gasteiger partial charge in [0, 0.05) is 6.08 Å². The summed E-state index contributed by atoms with van der Waals surface area (Å²) in [4.78, 5) is 22.6. The standard InChI is InChI=1S/C13H19NO5/c1-5-10(15)14-13(7-17-11(16)6-2)8-18-12(3,4)19-9-13/h5-6H,1-2,7-9H2,3-4H3,(H,14,15). The number of esters is 1. The molecule has 0 aromatic carbocycles. The Hall–Kier alpha value is -1.66. The molecular weight excluding hydrogens is 250 g/mol. The van der Waals surface area contributed by atoms with E-state index in [1.54, 1.807) is 13.8 Å². The van der Waals surface area contributed by atoms with Gasteiger partial charge in [0.25, 0.3) is 0 Å². The van der Waals surface area contributed by atoms with Gasteiger partial charge in [0.2, 0.25) is 5.91 Å². The van der Waals surface area contributed by atoms with Crippen molar-refractivity contribution in [1.82, 2.24) is 5.32 Å². The molecule has 0 aromatic rings. The molecular formula is C13H19NO5. The van der Waals surface area contributed by atoms with Crippen molar-refractivity contribution in [2.75, 3.05) is 19.8 Å². The first-order chi connectivity index (χ1) is 8.82. The van der Waals surface area contributed by atoms with Gasteiger partial charge in [0.1, 0.15) is 12.1 Å². The van der Waals surface area contributed by atoms with Crippen molar-refractivity contribution in [2.24, 2.45) is 0 Å². The van der Waals surface area contributed by atoms with E-state index in [1.807, 2.05) is 0 Å². The number of rotatable bonds is 5. The molecule has 0 bridgehead atoms. The van der Waals surface area contributed by atoms with Gasteiger partial charge in [-0.05, 0) is 19.9 Å². The monoisotopic (exact) mass is 269 g/mol. The molecule has 1 amide bonds. The van der Waals surface area contributed by atoms with Gasteiger partial charge in [-0.3, -0.25) is 4.79 Å². The Morgan fingerprint density at radius 3 is 2.32 bits per heavy atom. The van der Waals surface area contributed by atoms with E-state index < -0.39 is 17.3 Å². The second-order valence-electron chi connectivity index (χ2n) is 4.76. The SMILES string of the molecule is C=CC(=O)NC1(COC(=O)C=C)COC(C)(C)OC1. The van der Waals surface area contributed by atoms with Gasteiger partial charge in [-0.25, -0.2) is 4.79 Å². The average Bonchev–Trinajstić information content (AvgIpc) is 2.39. The molecule has 0 aliphatic carbocycles. The number of hydrogen-bond donors (Lipinski definition) is 1. The smallest absolute Gasteiger partial charge is 0.330 e. The second kappa shape index (κ2) is 5.99.